The van der Waals surface area contributed by atoms with Crippen LogP contribution in [0.4, 0.5) is 0 Å². The minimum Gasteiger partial charge on any atom is -0.299 e. The van der Waals surface area contributed by atoms with Crippen molar-refractivity contribution < 1.29 is 0 Å². The Balaban J connectivity index is 1.91. The lowest BCUT2D eigenvalue weighted by atomic mass is 9.88. The van der Waals surface area contributed by atoms with E-state index < -0.39 is 0 Å². The van der Waals surface area contributed by atoms with Crippen LogP contribution in [0.2, 0.25) is 0 Å². The van der Waals surface area contributed by atoms with Crippen molar-refractivity contribution in [1.29, 1.82) is 0 Å². The Bertz CT molecular complexity index is 293. The van der Waals surface area contributed by atoms with Crippen LogP contribution in [0.15, 0.2) is 30.3 Å². The highest BCUT2D eigenvalue weighted by atomic mass is 15.1. The fraction of sp³-hybridized carbons (Fsp3) is 0.571. The number of piperidine rings is 1. The predicted octanol–water partition coefficient (Wildman–Crippen LogP) is 3.16. The molecule has 0 N–H and O–H groups in total. The lowest BCUT2D eigenvalue weighted by Crippen LogP contribution is -2.37. The van der Waals surface area contributed by atoms with Crippen LogP contribution in [-0.2, 0) is 6.54 Å². The van der Waals surface area contributed by atoms with E-state index >= 15 is 0 Å². The molecule has 2 unspecified atom stereocenters. The highest BCUT2D eigenvalue weighted by molar-refractivity contribution is 5.14. The molecule has 0 aromatic heterocycles. The summed E-state index contributed by atoms with van der Waals surface area (Å²) < 4.78 is 0. The minimum atomic E-state index is 0.850. The summed E-state index contributed by atoms with van der Waals surface area (Å²) in [4.78, 5) is 2.58. The highest BCUT2D eigenvalue weighted by Gasteiger charge is 2.22. The van der Waals surface area contributed by atoms with Crippen molar-refractivity contribution in [3.8, 4) is 0 Å². The molecule has 1 aromatic carbocycles. The second kappa shape index (κ2) is 4.80. The number of hydrogen-bond donors (Lipinski definition) is 0. The largest absolute Gasteiger partial charge is 0.299 e. The zero-order valence-electron chi connectivity index (χ0n) is 9.82. The minimum absolute atomic E-state index is 0.850. The van der Waals surface area contributed by atoms with Crippen molar-refractivity contribution in [2.45, 2.75) is 26.8 Å². The van der Waals surface area contributed by atoms with Gasteiger partial charge in [0.1, 0.15) is 0 Å². The molecular formula is C14H21N. The Hall–Kier alpha value is -0.820. The van der Waals surface area contributed by atoms with Gasteiger partial charge in [-0.1, -0.05) is 44.2 Å². The predicted molar refractivity (Wildman–Crippen MR) is 64.7 cm³/mol. The molecule has 2 atom stereocenters. The first-order chi connectivity index (χ1) is 7.25. The first kappa shape index (κ1) is 10.7. The van der Waals surface area contributed by atoms with Crippen LogP contribution >= 0.6 is 0 Å². The van der Waals surface area contributed by atoms with Gasteiger partial charge in [0.2, 0.25) is 0 Å². The third-order valence-corrected chi connectivity index (χ3v) is 3.67. The molecule has 0 bridgehead atoms. The van der Waals surface area contributed by atoms with E-state index in [0.717, 1.165) is 18.4 Å². The summed E-state index contributed by atoms with van der Waals surface area (Å²) in [5.41, 5.74) is 1.44. The van der Waals surface area contributed by atoms with Gasteiger partial charge in [-0.2, -0.15) is 0 Å². The molecule has 0 saturated carbocycles. The first-order valence-corrected chi connectivity index (χ1v) is 6.02. The van der Waals surface area contributed by atoms with Crippen molar-refractivity contribution in [1.82, 2.24) is 4.90 Å². The maximum atomic E-state index is 2.58. The molecular weight excluding hydrogens is 182 g/mol. The van der Waals surface area contributed by atoms with Crippen LogP contribution in [0.1, 0.15) is 25.8 Å². The Labute approximate surface area is 93.1 Å². The first-order valence-electron chi connectivity index (χ1n) is 6.02. The van der Waals surface area contributed by atoms with Gasteiger partial charge in [0, 0.05) is 13.1 Å². The molecule has 2 rings (SSSR count). The number of benzene rings is 1. The number of rotatable bonds is 2. The lowest BCUT2D eigenvalue weighted by Gasteiger charge is -2.35. The van der Waals surface area contributed by atoms with E-state index in [9.17, 15) is 0 Å². The molecule has 1 fully saturated rings. The normalized spacial score (nSPS) is 27.9. The van der Waals surface area contributed by atoms with Crippen molar-refractivity contribution in [3.05, 3.63) is 35.9 Å². The third-order valence-electron chi connectivity index (χ3n) is 3.67. The number of nitrogens with zero attached hydrogens (tertiary/aromatic N) is 1. The van der Waals surface area contributed by atoms with Gasteiger partial charge in [-0.15, -0.1) is 0 Å². The molecule has 1 saturated heterocycles. The van der Waals surface area contributed by atoms with Crippen LogP contribution in [0.3, 0.4) is 0 Å². The maximum Gasteiger partial charge on any atom is 0.0233 e. The van der Waals surface area contributed by atoms with E-state index in [0.29, 0.717) is 0 Å². The molecule has 0 amide bonds. The average molecular weight is 203 g/mol. The van der Waals surface area contributed by atoms with Crippen LogP contribution in [0, 0.1) is 11.8 Å². The zero-order valence-corrected chi connectivity index (χ0v) is 9.82. The molecule has 0 radical (unpaired) electrons. The van der Waals surface area contributed by atoms with Gasteiger partial charge < -0.3 is 0 Å². The van der Waals surface area contributed by atoms with E-state index in [1.807, 2.05) is 0 Å². The van der Waals surface area contributed by atoms with Crippen molar-refractivity contribution in [2.24, 2.45) is 11.8 Å². The van der Waals surface area contributed by atoms with Gasteiger partial charge >= 0.3 is 0 Å². The van der Waals surface area contributed by atoms with Crippen molar-refractivity contribution in [2.75, 3.05) is 13.1 Å². The van der Waals surface area contributed by atoms with E-state index in [1.54, 1.807) is 0 Å². The van der Waals surface area contributed by atoms with Gasteiger partial charge in [-0.3, -0.25) is 4.90 Å². The molecule has 0 spiro atoms. The molecule has 1 heteroatoms. The number of hydrogen-bond acceptors (Lipinski definition) is 1. The summed E-state index contributed by atoms with van der Waals surface area (Å²) >= 11 is 0. The summed E-state index contributed by atoms with van der Waals surface area (Å²) in [6.07, 6.45) is 1.36. The van der Waals surface area contributed by atoms with E-state index in [1.165, 1.54) is 25.1 Å². The Morgan fingerprint density at radius 1 is 1.13 bits per heavy atom. The molecule has 82 valence electrons. The van der Waals surface area contributed by atoms with Crippen molar-refractivity contribution in [3.63, 3.8) is 0 Å². The van der Waals surface area contributed by atoms with Gasteiger partial charge in [0.25, 0.3) is 0 Å². The highest BCUT2D eigenvalue weighted by Crippen LogP contribution is 2.23. The van der Waals surface area contributed by atoms with E-state index in [2.05, 4.69) is 49.1 Å². The van der Waals surface area contributed by atoms with Gasteiger partial charge in [0.05, 0.1) is 0 Å². The standard InChI is InChI=1S/C14H21N/c1-12-8-9-15(10-13(12)2)11-14-6-4-3-5-7-14/h3-7,12-13H,8-11H2,1-2H3. The molecule has 1 aliphatic heterocycles. The Morgan fingerprint density at radius 2 is 1.87 bits per heavy atom. The van der Waals surface area contributed by atoms with Crippen LogP contribution in [-0.4, -0.2) is 18.0 Å². The van der Waals surface area contributed by atoms with E-state index in [4.69, 9.17) is 0 Å². The molecule has 1 nitrogen and oxygen atoms in total. The summed E-state index contributed by atoms with van der Waals surface area (Å²) in [6.45, 7) is 8.40. The topological polar surface area (TPSA) is 3.24 Å². The average Bonchev–Trinajstić information content (AvgIpc) is 2.25. The molecule has 1 aromatic rings. The third kappa shape index (κ3) is 2.82. The van der Waals surface area contributed by atoms with Gasteiger partial charge in [-0.25, -0.2) is 0 Å². The summed E-state index contributed by atoms with van der Waals surface area (Å²) in [7, 11) is 0. The van der Waals surface area contributed by atoms with Crippen LogP contribution in [0.5, 0.6) is 0 Å². The fourth-order valence-electron chi connectivity index (χ4n) is 2.33. The monoisotopic (exact) mass is 203 g/mol. The molecule has 15 heavy (non-hydrogen) atoms. The maximum absolute atomic E-state index is 2.58. The summed E-state index contributed by atoms with van der Waals surface area (Å²) in [5.74, 6) is 1.75. The smallest absolute Gasteiger partial charge is 0.0233 e. The second-order valence-corrected chi connectivity index (χ2v) is 4.96. The van der Waals surface area contributed by atoms with Crippen molar-refractivity contribution >= 4 is 0 Å². The fourth-order valence-corrected chi connectivity index (χ4v) is 2.33. The SMILES string of the molecule is CC1CCN(Cc2ccccc2)CC1C. The van der Waals surface area contributed by atoms with Gasteiger partial charge in [-0.05, 0) is 30.4 Å². The molecule has 1 aliphatic rings. The number of likely N-dealkylation sites (tertiary alicyclic amines) is 1. The summed E-state index contributed by atoms with van der Waals surface area (Å²) in [6, 6.07) is 10.8. The quantitative estimate of drug-likeness (QED) is 0.713. The molecule has 1 heterocycles. The zero-order chi connectivity index (χ0) is 10.7. The molecule has 0 aliphatic carbocycles. The second-order valence-electron chi connectivity index (χ2n) is 4.96. The van der Waals surface area contributed by atoms with Gasteiger partial charge in [0.15, 0.2) is 0 Å². The Morgan fingerprint density at radius 3 is 2.53 bits per heavy atom. The van der Waals surface area contributed by atoms with Crippen LogP contribution < -0.4 is 0 Å². The van der Waals surface area contributed by atoms with E-state index in [-0.39, 0.29) is 0 Å². The van der Waals surface area contributed by atoms with Crippen LogP contribution in [0.25, 0.3) is 0 Å². The summed E-state index contributed by atoms with van der Waals surface area (Å²) in [5, 5.41) is 0. The lowest BCUT2D eigenvalue weighted by molar-refractivity contribution is 0.132. The Kier molecular flexibility index (Phi) is 3.42.